The Bertz CT molecular complexity index is 476. The topological polar surface area (TPSA) is 79.5 Å². The fourth-order valence-corrected chi connectivity index (χ4v) is 2.29. The SMILES string of the molecule is CCc1cc(C(=O)N2CCC(C)(O)CC2)cc(N)n1. The van der Waals surface area contributed by atoms with Gasteiger partial charge in [-0.05, 0) is 38.3 Å². The van der Waals surface area contributed by atoms with Gasteiger partial charge in [0, 0.05) is 24.3 Å². The van der Waals surface area contributed by atoms with Crippen LogP contribution in [0.2, 0.25) is 0 Å². The molecule has 19 heavy (non-hydrogen) atoms. The zero-order valence-electron chi connectivity index (χ0n) is 11.5. The number of hydrogen-bond donors (Lipinski definition) is 2. The lowest BCUT2D eigenvalue weighted by molar-refractivity contribution is -0.00203. The molecular formula is C14H21N3O2. The van der Waals surface area contributed by atoms with Crippen molar-refractivity contribution < 1.29 is 9.90 Å². The third kappa shape index (κ3) is 3.23. The molecule has 1 aliphatic heterocycles. The second kappa shape index (κ2) is 5.17. The molecule has 2 rings (SSSR count). The van der Waals surface area contributed by atoms with Gasteiger partial charge in [0.05, 0.1) is 5.60 Å². The summed E-state index contributed by atoms with van der Waals surface area (Å²) < 4.78 is 0. The van der Waals surface area contributed by atoms with Gasteiger partial charge in [-0.3, -0.25) is 4.79 Å². The Kier molecular flexibility index (Phi) is 3.75. The molecule has 0 radical (unpaired) electrons. The second-order valence-corrected chi connectivity index (χ2v) is 5.41. The number of hydrogen-bond acceptors (Lipinski definition) is 4. The van der Waals surface area contributed by atoms with E-state index in [-0.39, 0.29) is 5.91 Å². The Hall–Kier alpha value is -1.62. The number of anilines is 1. The van der Waals surface area contributed by atoms with Gasteiger partial charge in [-0.25, -0.2) is 4.98 Å². The number of aliphatic hydroxyl groups is 1. The lowest BCUT2D eigenvalue weighted by Crippen LogP contribution is -2.45. The standard InChI is InChI=1S/C14H21N3O2/c1-3-11-8-10(9-12(15)16-11)13(18)17-6-4-14(2,19)5-7-17/h8-9,19H,3-7H2,1-2H3,(H2,15,16). The number of likely N-dealkylation sites (tertiary alicyclic amines) is 1. The first-order valence-electron chi connectivity index (χ1n) is 6.69. The second-order valence-electron chi connectivity index (χ2n) is 5.41. The minimum atomic E-state index is -0.650. The largest absolute Gasteiger partial charge is 0.390 e. The molecule has 1 fully saturated rings. The van der Waals surface area contributed by atoms with Crippen molar-refractivity contribution in [3.63, 3.8) is 0 Å². The third-order valence-corrected chi connectivity index (χ3v) is 3.64. The average molecular weight is 263 g/mol. The van der Waals surface area contributed by atoms with Crippen LogP contribution in [0, 0.1) is 0 Å². The highest BCUT2D eigenvalue weighted by molar-refractivity contribution is 5.95. The minimum Gasteiger partial charge on any atom is -0.390 e. The van der Waals surface area contributed by atoms with Crippen LogP contribution < -0.4 is 5.73 Å². The highest BCUT2D eigenvalue weighted by Gasteiger charge is 2.30. The fourth-order valence-electron chi connectivity index (χ4n) is 2.29. The molecule has 1 aromatic rings. The lowest BCUT2D eigenvalue weighted by atomic mass is 9.93. The number of amides is 1. The van der Waals surface area contributed by atoms with Gasteiger partial charge in [0.15, 0.2) is 0 Å². The average Bonchev–Trinajstić information content (AvgIpc) is 2.37. The molecule has 5 nitrogen and oxygen atoms in total. The van der Waals surface area contributed by atoms with Crippen molar-refractivity contribution in [3.8, 4) is 0 Å². The van der Waals surface area contributed by atoms with Crippen molar-refractivity contribution >= 4 is 11.7 Å². The van der Waals surface area contributed by atoms with E-state index in [9.17, 15) is 9.90 Å². The highest BCUT2D eigenvalue weighted by Crippen LogP contribution is 2.22. The summed E-state index contributed by atoms with van der Waals surface area (Å²) in [5, 5.41) is 9.90. The molecule has 0 spiro atoms. The summed E-state index contributed by atoms with van der Waals surface area (Å²) in [5.41, 5.74) is 6.49. The minimum absolute atomic E-state index is 0.0284. The summed E-state index contributed by atoms with van der Waals surface area (Å²) in [7, 11) is 0. The van der Waals surface area contributed by atoms with Crippen molar-refractivity contribution in [2.24, 2.45) is 0 Å². The Morgan fingerprint density at radius 1 is 1.47 bits per heavy atom. The molecule has 1 aromatic heterocycles. The molecule has 0 unspecified atom stereocenters. The Morgan fingerprint density at radius 2 is 2.11 bits per heavy atom. The number of aromatic nitrogens is 1. The van der Waals surface area contributed by atoms with Gasteiger partial charge in [0.2, 0.25) is 0 Å². The van der Waals surface area contributed by atoms with Gasteiger partial charge in [-0.2, -0.15) is 0 Å². The Morgan fingerprint density at radius 3 is 2.68 bits per heavy atom. The lowest BCUT2D eigenvalue weighted by Gasteiger charge is -2.35. The molecule has 104 valence electrons. The maximum Gasteiger partial charge on any atom is 0.254 e. The molecule has 0 bridgehead atoms. The molecule has 0 aliphatic carbocycles. The number of nitrogens with two attached hydrogens (primary N) is 1. The van der Waals surface area contributed by atoms with E-state index >= 15 is 0 Å². The van der Waals surface area contributed by atoms with Crippen molar-refractivity contribution in [2.45, 2.75) is 38.7 Å². The molecule has 0 atom stereocenters. The molecule has 0 saturated carbocycles. The van der Waals surface area contributed by atoms with E-state index in [2.05, 4.69) is 4.98 Å². The van der Waals surface area contributed by atoms with Gasteiger partial charge in [0.1, 0.15) is 5.82 Å². The van der Waals surface area contributed by atoms with Crippen LogP contribution in [0.25, 0.3) is 0 Å². The first kappa shape index (κ1) is 13.8. The number of pyridine rings is 1. The van der Waals surface area contributed by atoms with E-state index in [1.807, 2.05) is 13.8 Å². The van der Waals surface area contributed by atoms with Gasteiger partial charge >= 0.3 is 0 Å². The van der Waals surface area contributed by atoms with Crippen LogP contribution in [0.4, 0.5) is 5.82 Å². The van der Waals surface area contributed by atoms with Crippen molar-refractivity contribution in [2.75, 3.05) is 18.8 Å². The van der Waals surface area contributed by atoms with Crippen LogP contribution in [0.3, 0.4) is 0 Å². The van der Waals surface area contributed by atoms with Crippen LogP contribution in [0.15, 0.2) is 12.1 Å². The van der Waals surface area contributed by atoms with Gasteiger partial charge in [-0.15, -0.1) is 0 Å². The number of nitrogen functional groups attached to an aromatic ring is 1. The van der Waals surface area contributed by atoms with Gasteiger partial charge < -0.3 is 15.7 Å². The molecule has 5 heteroatoms. The third-order valence-electron chi connectivity index (χ3n) is 3.64. The predicted octanol–water partition coefficient (Wildman–Crippen LogP) is 1.21. The Labute approximate surface area is 113 Å². The predicted molar refractivity (Wildman–Crippen MR) is 73.8 cm³/mol. The number of rotatable bonds is 2. The number of aryl methyl sites for hydroxylation is 1. The zero-order valence-corrected chi connectivity index (χ0v) is 11.5. The van der Waals surface area contributed by atoms with Crippen LogP contribution in [-0.2, 0) is 6.42 Å². The van der Waals surface area contributed by atoms with E-state index < -0.39 is 5.60 Å². The number of nitrogens with zero attached hydrogens (tertiary/aromatic N) is 2. The van der Waals surface area contributed by atoms with Crippen LogP contribution in [0.5, 0.6) is 0 Å². The number of carbonyl (C=O) groups excluding carboxylic acids is 1. The van der Waals surface area contributed by atoms with Gasteiger partial charge in [0.25, 0.3) is 5.91 Å². The van der Waals surface area contributed by atoms with Crippen LogP contribution >= 0.6 is 0 Å². The van der Waals surface area contributed by atoms with E-state index in [4.69, 9.17) is 5.73 Å². The smallest absolute Gasteiger partial charge is 0.254 e. The van der Waals surface area contributed by atoms with E-state index in [0.717, 1.165) is 12.1 Å². The fraction of sp³-hybridized carbons (Fsp3) is 0.571. The number of carbonyl (C=O) groups is 1. The zero-order chi connectivity index (χ0) is 14.0. The Balaban J connectivity index is 2.14. The monoisotopic (exact) mass is 263 g/mol. The van der Waals surface area contributed by atoms with Gasteiger partial charge in [-0.1, -0.05) is 6.92 Å². The summed E-state index contributed by atoms with van der Waals surface area (Å²) in [6.07, 6.45) is 1.97. The van der Waals surface area contributed by atoms with Crippen molar-refractivity contribution in [3.05, 3.63) is 23.4 Å². The summed E-state index contributed by atoms with van der Waals surface area (Å²) in [6.45, 7) is 4.95. The highest BCUT2D eigenvalue weighted by atomic mass is 16.3. The summed E-state index contributed by atoms with van der Waals surface area (Å²) in [6, 6.07) is 3.42. The molecule has 2 heterocycles. The van der Waals surface area contributed by atoms with E-state index in [1.165, 1.54) is 0 Å². The first-order valence-corrected chi connectivity index (χ1v) is 6.69. The van der Waals surface area contributed by atoms with Crippen LogP contribution in [0.1, 0.15) is 42.7 Å². The van der Waals surface area contributed by atoms with E-state index in [1.54, 1.807) is 17.0 Å². The molecule has 3 N–H and O–H groups in total. The van der Waals surface area contributed by atoms with Crippen molar-refractivity contribution in [1.82, 2.24) is 9.88 Å². The summed E-state index contributed by atoms with van der Waals surface area (Å²) in [5.74, 6) is 0.353. The summed E-state index contributed by atoms with van der Waals surface area (Å²) in [4.78, 5) is 18.3. The maximum absolute atomic E-state index is 12.4. The molecular weight excluding hydrogens is 242 g/mol. The van der Waals surface area contributed by atoms with Crippen molar-refractivity contribution in [1.29, 1.82) is 0 Å². The molecule has 1 amide bonds. The molecule has 1 saturated heterocycles. The van der Waals surface area contributed by atoms with E-state index in [0.29, 0.717) is 37.3 Å². The normalized spacial score (nSPS) is 18.4. The van der Waals surface area contributed by atoms with Crippen LogP contribution in [-0.4, -0.2) is 39.6 Å². The molecule has 0 aromatic carbocycles. The quantitative estimate of drug-likeness (QED) is 0.840. The first-order chi connectivity index (χ1) is 8.91. The molecule has 1 aliphatic rings. The summed E-state index contributed by atoms with van der Waals surface area (Å²) >= 11 is 0. The number of piperidine rings is 1. The maximum atomic E-state index is 12.4.